The lowest BCUT2D eigenvalue weighted by Crippen LogP contribution is -2.25. The summed E-state index contributed by atoms with van der Waals surface area (Å²) in [5.74, 6) is -0.432. The summed E-state index contributed by atoms with van der Waals surface area (Å²) in [5, 5.41) is 9.95. The van der Waals surface area contributed by atoms with Gasteiger partial charge in [0.25, 0.3) is 0 Å². The Morgan fingerprint density at radius 1 is 1.07 bits per heavy atom. The zero-order valence-corrected chi connectivity index (χ0v) is 17.5. The van der Waals surface area contributed by atoms with Crippen LogP contribution in [-0.4, -0.2) is 43.5 Å². The van der Waals surface area contributed by atoms with E-state index in [2.05, 4.69) is 6.07 Å². The minimum Gasteiger partial charge on any atom is -0.463 e. The highest BCUT2D eigenvalue weighted by Gasteiger charge is 2.28. The molecule has 2 aromatic carbocycles. The number of hydrogen-bond donors (Lipinski definition) is 1. The second-order valence-electron chi connectivity index (χ2n) is 7.59. The third-order valence-corrected chi connectivity index (χ3v) is 6.36. The van der Waals surface area contributed by atoms with Crippen LogP contribution in [0.25, 0.3) is 0 Å². The van der Waals surface area contributed by atoms with E-state index in [0.717, 1.165) is 33.8 Å². The quantitative estimate of drug-likeness (QED) is 0.641. The van der Waals surface area contributed by atoms with E-state index in [1.807, 2.05) is 24.3 Å². The highest BCUT2D eigenvalue weighted by Crippen LogP contribution is 2.46. The van der Waals surface area contributed by atoms with Crippen LogP contribution in [0, 0.1) is 5.92 Å². The van der Waals surface area contributed by atoms with Crippen molar-refractivity contribution in [3.05, 3.63) is 59.2 Å². The zero-order valence-electron chi connectivity index (χ0n) is 16.7. The number of ether oxygens (including phenoxy) is 3. The monoisotopic (exact) mass is 428 g/mol. The van der Waals surface area contributed by atoms with Crippen molar-refractivity contribution in [3.8, 4) is 0 Å². The SMILES string of the molecule is COC1c2ccccc2Sc2ccc(C(=O)OCC(O)COC(=O)CC3CC3)cc21. The van der Waals surface area contributed by atoms with Gasteiger partial charge in [-0.1, -0.05) is 30.0 Å². The molecule has 7 heteroatoms. The number of carbonyl (C=O) groups is 2. The summed E-state index contributed by atoms with van der Waals surface area (Å²) in [7, 11) is 1.65. The molecule has 158 valence electrons. The molecule has 30 heavy (non-hydrogen) atoms. The molecule has 1 heterocycles. The Balaban J connectivity index is 1.35. The third kappa shape index (κ3) is 4.86. The second-order valence-corrected chi connectivity index (χ2v) is 8.67. The van der Waals surface area contributed by atoms with Crippen molar-refractivity contribution < 1.29 is 28.9 Å². The van der Waals surface area contributed by atoms with E-state index in [-0.39, 0.29) is 25.3 Å². The molecule has 0 amide bonds. The molecule has 1 N–H and O–H groups in total. The van der Waals surface area contributed by atoms with E-state index in [9.17, 15) is 14.7 Å². The summed E-state index contributed by atoms with van der Waals surface area (Å²) in [6.45, 7) is -0.417. The zero-order chi connectivity index (χ0) is 21.1. The van der Waals surface area contributed by atoms with Crippen molar-refractivity contribution in [1.82, 2.24) is 0 Å². The lowest BCUT2D eigenvalue weighted by Gasteiger charge is -2.27. The highest BCUT2D eigenvalue weighted by atomic mass is 32.2. The van der Waals surface area contributed by atoms with Gasteiger partial charge in [-0.05, 0) is 48.6 Å². The van der Waals surface area contributed by atoms with Gasteiger partial charge in [-0.3, -0.25) is 4.79 Å². The van der Waals surface area contributed by atoms with Gasteiger partial charge in [0.1, 0.15) is 25.4 Å². The van der Waals surface area contributed by atoms with Crippen molar-refractivity contribution in [2.75, 3.05) is 20.3 Å². The number of fused-ring (bicyclic) bond motifs is 2. The van der Waals surface area contributed by atoms with Crippen LogP contribution in [0.5, 0.6) is 0 Å². The summed E-state index contributed by atoms with van der Waals surface area (Å²) in [6, 6.07) is 13.4. The molecule has 4 rings (SSSR count). The molecule has 2 aromatic rings. The number of rotatable bonds is 8. The molecular weight excluding hydrogens is 404 g/mol. The van der Waals surface area contributed by atoms with Crippen molar-refractivity contribution in [1.29, 1.82) is 0 Å². The number of carbonyl (C=O) groups excluding carboxylic acids is 2. The number of methoxy groups -OCH3 is 1. The molecule has 2 aliphatic rings. The van der Waals surface area contributed by atoms with E-state index in [0.29, 0.717) is 17.9 Å². The van der Waals surface area contributed by atoms with Crippen molar-refractivity contribution >= 4 is 23.7 Å². The summed E-state index contributed by atoms with van der Waals surface area (Å²) in [4.78, 5) is 26.2. The molecular formula is C23H24O6S. The van der Waals surface area contributed by atoms with Gasteiger partial charge in [0, 0.05) is 28.9 Å². The fourth-order valence-electron chi connectivity index (χ4n) is 3.41. The number of hydrogen-bond acceptors (Lipinski definition) is 7. The van der Waals surface area contributed by atoms with Gasteiger partial charge in [-0.15, -0.1) is 0 Å². The van der Waals surface area contributed by atoms with Gasteiger partial charge in [-0.2, -0.15) is 0 Å². The van der Waals surface area contributed by atoms with E-state index in [1.54, 1.807) is 31.0 Å². The Hall–Kier alpha value is -2.35. The van der Waals surface area contributed by atoms with Crippen LogP contribution in [0.15, 0.2) is 52.3 Å². The Morgan fingerprint density at radius 2 is 1.80 bits per heavy atom. The van der Waals surface area contributed by atoms with Crippen LogP contribution in [0.3, 0.4) is 0 Å². The van der Waals surface area contributed by atoms with Crippen LogP contribution >= 0.6 is 11.8 Å². The fourth-order valence-corrected chi connectivity index (χ4v) is 4.51. The maximum absolute atomic E-state index is 12.5. The summed E-state index contributed by atoms with van der Waals surface area (Å²) in [6.07, 6.45) is 1.20. The number of benzene rings is 2. The minimum absolute atomic E-state index is 0.178. The lowest BCUT2D eigenvalue weighted by atomic mass is 9.98. The Bertz CT molecular complexity index is 939. The molecule has 2 atom stereocenters. The van der Waals surface area contributed by atoms with Gasteiger partial charge in [-0.25, -0.2) is 4.79 Å². The van der Waals surface area contributed by atoms with E-state index in [1.165, 1.54) is 0 Å². The molecule has 1 aliphatic carbocycles. The standard InChI is InChI=1S/C23H24O6S/c1-27-22-17-4-2-3-5-19(17)30-20-9-8-15(11-18(20)22)23(26)29-13-16(24)12-28-21(25)10-14-6-7-14/h2-5,8-9,11,14,16,22,24H,6-7,10,12-13H2,1H3. The van der Waals surface area contributed by atoms with Crippen LogP contribution in [0.4, 0.5) is 0 Å². The first-order chi connectivity index (χ1) is 14.5. The predicted octanol–water partition coefficient (Wildman–Crippen LogP) is 3.75. The Morgan fingerprint density at radius 3 is 2.57 bits per heavy atom. The van der Waals surface area contributed by atoms with Crippen LogP contribution in [-0.2, 0) is 19.0 Å². The normalized spacial score (nSPS) is 18.1. The molecule has 2 unspecified atom stereocenters. The molecule has 0 bridgehead atoms. The van der Waals surface area contributed by atoms with Gasteiger partial charge in [0.15, 0.2) is 0 Å². The van der Waals surface area contributed by atoms with E-state index >= 15 is 0 Å². The molecule has 1 fully saturated rings. The average molecular weight is 429 g/mol. The van der Waals surface area contributed by atoms with Gasteiger partial charge in [0.2, 0.25) is 0 Å². The minimum atomic E-state index is -1.05. The third-order valence-electron chi connectivity index (χ3n) is 5.18. The average Bonchev–Trinajstić information content (AvgIpc) is 3.57. The second kappa shape index (κ2) is 9.20. The predicted molar refractivity (Wildman–Crippen MR) is 110 cm³/mol. The Labute approximate surface area is 179 Å². The molecule has 1 aliphatic heterocycles. The van der Waals surface area contributed by atoms with E-state index < -0.39 is 12.1 Å². The molecule has 0 aromatic heterocycles. The summed E-state index contributed by atoms with van der Waals surface area (Å²) in [5.41, 5.74) is 2.35. The summed E-state index contributed by atoms with van der Waals surface area (Å²) >= 11 is 1.64. The summed E-state index contributed by atoms with van der Waals surface area (Å²) < 4.78 is 16.0. The van der Waals surface area contributed by atoms with Gasteiger partial charge < -0.3 is 19.3 Å². The highest BCUT2D eigenvalue weighted by molar-refractivity contribution is 7.99. The molecule has 0 spiro atoms. The van der Waals surface area contributed by atoms with Crippen molar-refractivity contribution in [2.45, 2.75) is 41.3 Å². The van der Waals surface area contributed by atoms with Crippen molar-refractivity contribution in [3.63, 3.8) is 0 Å². The van der Waals surface area contributed by atoms with Crippen LogP contribution < -0.4 is 0 Å². The maximum Gasteiger partial charge on any atom is 0.338 e. The first kappa shape index (κ1) is 20.9. The Kier molecular flexibility index (Phi) is 6.41. The smallest absolute Gasteiger partial charge is 0.338 e. The first-order valence-electron chi connectivity index (χ1n) is 9.99. The van der Waals surface area contributed by atoms with Crippen molar-refractivity contribution in [2.24, 2.45) is 5.92 Å². The lowest BCUT2D eigenvalue weighted by molar-refractivity contribution is -0.147. The molecule has 6 nitrogen and oxygen atoms in total. The fraction of sp³-hybridized carbons (Fsp3) is 0.391. The van der Waals surface area contributed by atoms with E-state index in [4.69, 9.17) is 14.2 Å². The number of esters is 2. The number of aliphatic hydroxyl groups is 1. The maximum atomic E-state index is 12.5. The van der Waals surface area contributed by atoms with Gasteiger partial charge >= 0.3 is 11.9 Å². The van der Waals surface area contributed by atoms with Crippen LogP contribution in [0.1, 0.15) is 46.9 Å². The molecule has 0 radical (unpaired) electrons. The first-order valence-corrected chi connectivity index (χ1v) is 10.8. The van der Waals surface area contributed by atoms with Crippen LogP contribution in [0.2, 0.25) is 0 Å². The van der Waals surface area contributed by atoms with Gasteiger partial charge in [0.05, 0.1) is 5.56 Å². The molecule has 0 saturated heterocycles. The largest absolute Gasteiger partial charge is 0.463 e. The topological polar surface area (TPSA) is 82.1 Å². The molecule has 1 saturated carbocycles. The number of aliphatic hydroxyl groups excluding tert-OH is 1.